The Hall–Kier alpha value is -1.39. The van der Waals surface area contributed by atoms with Crippen LogP contribution in [0.15, 0.2) is 36.5 Å². The van der Waals surface area contributed by atoms with Crippen molar-refractivity contribution in [3.8, 4) is 0 Å². The number of allylic oxidation sites excluding steroid dienone is 5. The Balaban J connectivity index is 3.84. The molecule has 0 fully saturated rings. The van der Waals surface area contributed by atoms with Gasteiger partial charge in [0.2, 0.25) is 5.91 Å². The van der Waals surface area contributed by atoms with Gasteiger partial charge in [0, 0.05) is 6.42 Å². The zero-order valence-corrected chi connectivity index (χ0v) is 20.2. The summed E-state index contributed by atoms with van der Waals surface area (Å²) in [6, 6.07) is -0.636. The number of carbonyl (C=O) groups is 1. The summed E-state index contributed by atoms with van der Waals surface area (Å²) in [4.78, 5) is 12.1. The molecular formula is C27H49NO3. The average Bonchev–Trinajstić information content (AvgIpc) is 2.77. The average molecular weight is 436 g/mol. The second-order valence-corrected chi connectivity index (χ2v) is 8.39. The van der Waals surface area contributed by atoms with Crippen LogP contribution in [-0.2, 0) is 4.79 Å². The van der Waals surface area contributed by atoms with Crippen LogP contribution in [0.25, 0.3) is 0 Å². The molecule has 0 heterocycles. The fraction of sp³-hybridized carbons (Fsp3) is 0.741. The SMILES string of the molecule is CCC/C=C\CCCCCCCC(=O)NC(CO)C(O)/C=C/CC/C=C/CCCCC. The van der Waals surface area contributed by atoms with Gasteiger partial charge in [-0.2, -0.15) is 0 Å². The smallest absolute Gasteiger partial charge is 0.220 e. The standard InChI is InChI=1S/C27H49NO3/c1-3-5-7-9-11-13-15-17-19-21-23-27(31)28-25(24-29)26(30)22-20-18-16-14-12-10-8-6-4-2/h7,9,12,14,20,22,25-26,29-30H,3-6,8,10-11,13,15-19,21,23-24H2,1-2H3,(H,28,31)/b9-7-,14-12+,22-20+. The van der Waals surface area contributed by atoms with E-state index in [9.17, 15) is 15.0 Å². The highest BCUT2D eigenvalue weighted by atomic mass is 16.3. The van der Waals surface area contributed by atoms with Crippen LogP contribution in [0.1, 0.15) is 110 Å². The highest BCUT2D eigenvalue weighted by Crippen LogP contribution is 2.09. The summed E-state index contributed by atoms with van der Waals surface area (Å²) in [7, 11) is 0. The summed E-state index contributed by atoms with van der Waals surface area (Å²) in [5.74, 6) is -0.0935. The van der Waals surface area contributed by atoms with Crippen molar-refractivity contribution in [1.82, 2.24) is 5.32 Å². The molecule has 31 heavy (non-hydrogen) atoms. The van der Waals surface area contributed by atoms with Gasteiger partial charge in [0.15, 0.2) is 0 Å². The molecule has 0 saturated heterocycles. The zero-order chi connectivity index (χ0) is 23.0. The molecule has 0 saturated carbocycles. The van der Waals surface area contributed by atoms with Crippen molar-refractivity contribution in [2.45, 2.75) is 122 Å². The lowest BCUT2D eigenvalue weighted by Crippen LogP contribution is -2.45. The first-order chi connectivity index (χ1) is 15.2. The van der Waals surface area contributed by atoms with Gasteiger partial charge in [0.05, 0.1) is 18.8 Å². The van der Waals surface area contributed by atoms with Gasteiger partial charge in [0.1, 0.15) is 0 Å². The molecule has 180 valence electrons. The number of hydrogen-bond acceptors (Lipinski definition) is 3. The van der Waals surface area contributed by atoms with Crippen LogP contribution in [0.2, 0.25) is 0 Å². The lowest BCUT2D eigenvalue weighted by atomic mass is 10.1. The summed E-state index contributed by atoms with van der Waals surface area (Å²) in [5, 5.41) is 22.5. The van der Waals surface area contributed by atoms with Gasteiger partial charge < -0.3 is 15.5 Å². The number of nitrogens with one attached hydrogen (secondary N) is 1. The van der Waals surface area contributed by atoms with Crippen molar-refractivity contribution in [2.75, 3.05) is 6.61 Å². The predicted molar refractivity (Wildman–Crippen MR) is 133 cm³/mol. The maximum absolute atomic E-state index is 12.1. The Morgan fingerprint density at radius 3 is 2.00 bits per heavy atom. The van der Waals surface area contributed by atoms with E-state index in [1.54, 1.807) is 6.08 Å². The predicted octanol–water partition coefficient (Wildman–Crippen LogP) is 6.38. The Morgan fingerprint density at radius 2 is 1.32 bits per heavy atom. The first kappa shape index (κ1) is 29.6. The molecule has 0 spiro atoms. The lowest BCUT2D eigenvalue weighted by Gasteiger charge is -2.19. The molecule has 0 bridgehead atoms. The summed E-state index contributed by atoms with van der Waals surface area (Å²) in [6.07, 6.45) is 27.8. The largest absolute Gasteiger partial charge is 0.394 e. The second-order valence-electron chi connectivity index (χ2n) is 8.39. The number of unbranched alkanes of at least 4 members (excludes halogenated alkanes) is 10. The summed E-state index contributed by atoms with van der Waals surface area (Å²) in [5.41, 5.74) is 0. The van der Waals surface area contributed by atoms with Crippen LogP contribution in [0, 0.1) is 0 Å². The van der Waals surface area contributed by atoms with Gasteiger partial charge in [-0.05, 0) is 51.4 Å². The van der Waals surface area contributed by atoms with E-state index in [1.165, 1.54) is 44.9 Å². The maximum Gasteiger partial charge on any atom is 0.220 e. The normalized spacial score (nSPS) is 14.1. The number of amides is 1. The molecular weight excluding hydrogens is 386 g/mol. The quantitative estimate of drug-likeness (QED) is 0.145. The Labute approximate surface area is 191 Å². The first-order valence-corrected chi connectivity index (χ1v) is 12.7. The van der Waals surface area contributed by atoms with Crippen LogP contribution in [0.3, 0.4) is 0 Å². The van der Waals surface area contributed by atoms with Crippen molar-refractivity contribution in [3.05, 3.63) is 36.5 Å². The minimum atomic E-state index is -0.858. The molecule has 3 N–H and O–H groups in total. The molecule has 0 aromatic carbocycles. The summed E-state index contributed by atoms with van der Waals surface area (Å²) < 4.78 is 0. The number of aliphatic hydroxyl groups excluding tert-OH is 2. The molecule has 2 unspecified atom stereocenters. The van der Waals surface area contributed by atoms with E-state index in [-0.39, 0.29) is 12.5 Å². The molecule has 1 amide bonds. The van der Waals surface area contributed by atoms with Crippen LogP contribution >= 0.6 is 0 Å². The van der Waals surface area contributed by atoms with Crippen LogP contribution in [0.5, 0.6) is 0 Å². The number of rotatable bonds is 21. The van der Waals surface area contributed by atoms with E-state index >= 15 is 0 Å². The van der Waals surface area contributed by atoms with Gasteiger partial charge in [-0.1, -0.05) is 88.8 Å². The molecule has 2 atom stereocenters. The molecule has 4 heteroatoms. The number of carbonyl (C=O) groups excluding carboxylic acids is 1. The molecule has 4 nitrogen and oxygen atoms in total. The summed E-state index contributed by atoms with van der Waals surface area (Å²) in [6.45, 7) is 4.13. The fourth-order valence-electron chi connectivity index (χ4n) is 3.31. The third-order valence-corrected chi connectivity index (χ3v) is 5.33. The first-order valence-electron chi connectivity index (χ1n) is 12.7. The minimum absolute atomic E-state index is 0.0935. The minimum Gasteiger partial charge on any atom is -0.394 e. The molecule has 0 rings (SSSR count). The number of hydrogen-bond donors (Lipinski definition) is 3. The number of aliphatic hydroxyl groups is 2. The van der Waals surface area contributed by atoms with Gasteiger partial charge in [-0.25, -0.2) is 0 Å². The van der Waals surface area contributed by atoms with Crippen LogP contribution in [0.4, 0.5) is 0 Å². The van der Waals surface area contributed by atoms with Crippen LogP contribution in [-0.4, -0.2) is 34.9 Å². The van der Waals surface area contributed by atoms with Crippen molar-refractivity contribution in [2.24, 2.45) is 0 Å². The van der Waals surface area contributed by atoms with E-state index in [2.05, 4.69) is 43.5 Å². The van der Waals surface area contributed by atoms with E-state index in [0.717, 1.165) is 44.9 Å². The summed E-state index contributed by atoms with van der Waals surface area (Å²) >= 11 is 0. The third kappa shape index (κ3) is 20.3. The topological polar surface area (TPSA) is 69.6 Å². The Kier molecular flexibility index (Phi) is 22.2. The van der Waals surface area contributed by atoms with Gasteiger partial charge >= 0.3 is 0 Å². The van der Waals surface area contributed by atoms with E-state index < -0.39 is 12.1 Å². The highest BCUT2D eigenvalue weighted by molar-refractivity contribution is 5.76. The molecule has 0 radical (unpaired) electrons. The molecule has 0 aromatic rings. The molecule has 0 aliphatic carbocycles. The van der Waals surface area contributed by atoms with E-state index in [0.29, 0.717) is 6.42 Å². The zero-order valence-electron chi connectivity index (χ0n) is 20.2. The van der Waals surface area contributed by atoms with Gasteiger partial charge in [-0.15, -0.1) is 0 Å². The van der Waals surface area contributed by atoms with E-state index in [4.69, 9.17) is 0 Å². The van der Waals surface area contributed by atoms with Gasteiger partial charge in [0.25, 0.3) is 0 Å². The van der Waals surface area contributed by atoms with Crippen molar-refractivity contribution in [1.29, 1.82) is 0 Å². The lowest BCUT2D eigenvalue weighted by molar-refractivity contribution is -0.123. The van der Waals surface area contributed by atoms with Gasteiger partial charge in [-0.3, -0.25) is 4.79 Å². The molecule has 0 aliphatic rings. The van der Waals surface area contributed by atoms with Crippen molar-refractivity contribution < 1.29 is 15.0 Å². The molecule has 0 aliphatic heterocycles. The Bertz CT molecular complexity index is 485. The Morgan fingerprint density at radius 1 is 0.742 bits per heavy atom. The van der Waals surface area contributed by atoms with Crippen molar-refractivity contribution >= 4 is 5.91 Å². The second kappa shape index (κ2) is 23.3. The third-order valence-electron chi connectivity index (χ3n) is 5.33. The fourth-order valence-corrected chi connectivity index (χ4v) is 3.31. The highest BCUT2D eigenvalue weighted by Gasteiger charge is 2.17. The van der Waals surface area contributed by atoms with E-state index in [1.807, 2.05) is 6.08 Å². The monoisotopic (exact) mass is 435 g/mol. The molecule has 0 aromatic heterocycles. The maximum atomic E-state index is 12.1. The van der Waals surface area contributed by atoms with Crippen molar-refractivity contribution in [3.63, 3.8) is 0 Å². The van der Waals surface area contributed by atoms with Crippen LogP contribution < -0.4 is 5.32 Å².